The first-order valence-electron chi connectivity index (χ1n) is 7.03. The van der Waals surface area contributed by atoms with Crippen LogP contribution in [0, 0.1) is 0 Å². The first kappa shape index (κ1) is 18.2. The topological polar surface area (TPSA) is 63.7 Å². The third-order valence-electron chi connectivity index (χ3n) is 3.26. The van der Waals surface area contributed by atoms with Gasteiger partial charge in [0.1, 0.15) is 0 Å². The Morgan fingerprint density at radius 1 is 1.09 bits per heavy atom. The number of halogens is 1. The van der Waals surface area contributed by atoms with Gasteiger partial charge in [-0.05, 0) is 30.7 Å². The molecule has 0 aliphatic carbocycles. The number of carbonyl (C=O) groups is 3. The standard InChI is InChI=1S/C16H20ClNO4/c1-18(11-3-4-16(21)22-2)15(20)10-9-14(19)12-5-7-13(17)8-6-12/h5-8H,3-4,9-11H2,1-2H3. The Kier molecular flexibility index (Phi) is 7.60. The van der Waals surface area contributed by atoms with E-state index in [1.807, 2.05) is 0 Å². The van der Waals surface area contributed by atoms with Crippen LogP contribution in [-0.2, 0) is 14.3 Å². The highest BCUT2D eigenvalue weighted by Crippen LogP contribution is 2.12. The number of nitrogens with zero attached hydrogens (tertiary/aromatic N) is 1. The Bertz CT molecular complexity index is 527. The summed E-state index contributed by atoms with van der Waals surface area (Å²) in [6.45, 7) is 0.461. The van der Waals surface area contributed by atoms with E-state index in [1.54, 1.807) is 31.3 Å². The minimum atomic E-state index is -0.293. The van der Waals surface area contributed by atoms with Gasteiger partial charge in [-0.1, -0.05) is 11.6 Å². The van der Waals surface area contributed by atoms with Crippen LogP contribution in [0.5, 0.6) is 0 Å². The fourth-order valence-corrected chi connectivity index (χ4v) is 2.00. The van der Waals surface area contributed by atoms with Crippen molar-refractivity contribution in [2.24, 2.45) is 0 Å². The number of hydrogen-bond acceptors (Lipinski definition) is 4. The van der Waals surface area contributed by atoms with Gasteiger partial charge in [0.2, 0.25) is 5.91 Å². The number of benzene rings is 1. The van der Waals surface area contributed by atoms with Crippen molar-refractivity contribution in [3.63, 3.8) is 0 Å². The fraction of sp³-hybridized carbons (Fsp3) is 0.438. The molecule has 6 heteroatoms. The molecule has 0 N–H and O–H groups in total. The number of carbonyl (C=O) groups excluding carboxylic acids is 3. The maximum absolute atomic E-state index is 12.0. The molecule has 0 aliphatic rings. The van der Waals surface area contributed by atoms with Gasteiger partial charge in [0.25, 0.3) is 0 Å². The maximum atomic E-state index is 12.0. The van der Waals surface area contributed by atoms with Crippen molar-refractivity contribution in [2.45, 2.75) is 25.7 Å². The molecule has 1 amide bonds. The number of hydrogen-bond donors (Lipinski definition) is 0. The molecule has 0 radical (unpaired) electrons. The van der Waals surface area contributed by atoms with Crippen LogP contribution in [0.2, 0.25) is 5.02 Å². The second-order valence-electron chi connectivity index (χ2n) is 4.93. The van der Waals surface area contributed by atoms with Crippen LogP contribution in [0.1, 0.15) is 36.0 Å². The number of amides is 1. The van der Waals surface area contributed by atoms with Gasteiger partial charge in [0.15, 0.2) is 5.78 Å². The van der Waals surface area contributed by atoms with Crippen LogP contribution < -0.4 is 0 Å². The summed E-state index contributed by atoms with van der Waals surface area (Å²) in [6, 6.07) is 6.59. The van der Waals surface area contributed by atoms with E-state index in [-0.39, 0.29) is 36.9 Å². The number of esters is 1. The number of ether oxygens (including phenoxy) is 1. The van der Waals surface area contributed by atoms with Gasteiger partial charge in [-0.3, -0.25) is 14.4 Å². The highest BCUT2D eigenvalue weighted by molar-refractivity contribution is 6.30. The first-order chi connectivity index (χ1) is 10.4. The molecule has 1 rings (SSSR count). The average molecular weight is 326 g/mol. The molecule has 0 saturated carbocycles. The molecule has 0 saturated heterocycles. The summed E-state index contributed by atoms with van der Waals surface area (Å²) in [7, 11) is 2.99. The quantitative estimate of drug-likeness (QED) is 0.544. The Morgan fingerprint density at radius 2 is 1.73 bits per heavy atom. The molecule has 0 fully saturated rings. The molecule has 1 aromatic rings. The van der Waals surface area contributed by atoms with E-state index in [4.69, 9.17) is 11.6 Å². The largest absolute Gasteiger partial charge is 0.469 e. The number of Topliss-reactive ketones (excluding diaryl/α,β-unsaturated/α-hetero) is 1. The lowest BCUT2D eigenvalue weighted by molar-refractivity contribution is -0.141. The van der Waals surface area contributed by atoms with E-state index in [0.29, 0.717) is 23.6 Å². The van der Waals surface area contributed by atoms with E-state index in [2.05, 4.69) is 4.74 Å². The second-order valence-corrected chi connectivity index (χ2v) is 5.36. The molecule has 0 heterocycles. The lowest BCUT2D eigenvalue weighted by Crippen LogP contribution is -2.28. The average Bonchev–Trinajstić information content (AvgIpc) is 2.52. The van der Waals surface area contributed by atoms with E-state index in [0.717, 1.165) is 0 Å². The maximum Gasteiger partial charge on any atom is 0.305 e. The Morgan fingerprint density at radius 3 is 2.32 bits per heavy atom. The van der Waals surface area contributed by atoms with Crippen molar-refractivity contribution in [1.82, 2.24) is 4.90 Å². The lowest BCUT2D eigenvalue weighted by atomic mass is 10.1. The van der Waals surface area contributed by atoms with Crippen molar-refractivity contribution in [3.05, 3.63) is 34.9 Å². The fourth-order valence-electron chi connectivity index (χ4n) is 1.88. The predicted molar refractivity (Wildman–Crippen MR) is 83.9 cm³/mol. The molecule has 120 valence electrons. The smallest absolute Gasteiger partial charge is 0.305 e. The summed E-state index contributed by atoms with van der Waals surface area (Å²) in [5, 5.41) is 0.568. The van der Waals surface area contributed by atoms with E-state index in [9.17, 15) is 14.4 Å². The molecular formula is C16H20ClNO4. The third kappa shape index (κ3) is 6.26. The van der Waals surface area contributed by atoms with Crippen molar-refractivity contribution >= 4 is 29.3 Å². The van der Waals surface area contributed by atoms with Gasteiger partial charge in [0, 0.05) is 43.4 Å². The van der Waals surface area contributed by atoms with Crippen molar-refractivity contribution < 1.29 is 19.1 Å². The highest BCUT2D eigenvalue weighted by Gasteiger charge is 2.13. The van der Waals surface area contributed by atoms with Crippen LogP contribution in [0.3, 0.4) is 0 Å². The highest BCUT2D eigenvalue weighted by atomic mass is 35.5. The minimum absolute atomic E-state index is 0.0898. The van der Waals surface area contributed by atoms with Crippen molar-refractivity contribution in [3.8, 4) is 0 Å². The summed E-state index contributed by atoms with van der Waals surface area (Å²) >= 11 is 5.76. The van der Waals surface area contributed by atoms with Crippen LogP contribution >= 0.6 is 11.6 Å². The number of rotatable bonds is 8. The zero-order valence-corrected chi connectivity index (χ0v) is 13.6. The van der Waals surface area contributed by atoms with Crippen molar-refractivity contribution in [1.29, 1.82) is 0 Å². The van der Waals surface area contributed by atoms with Gasteiger partial charge in [-0.2, -0.15) is 0 Å². The van der Waals surface area contributed by atoms with Gasteiger partial charge in [-0.15, -0.1) is 0 Å². The summed E-state index contributed by atoms with van der Waals surface area (Å²) in [5.41, 5.74) is 0.547. The molecule has 0 atom stereocenters. The first-order valence-corrected chi connectivity index (χ1v) is 7.41. The normalized spacial score (nSPS) is 10.1. The molecule has 0 aliphatic heterocycles. The summed E-state index contributed by atoms with van der Waals surface area (Å²) < 4.78 is 4.53. The van der Waals surface area contributed by atoms with E-state index in [1.165, 1.54) is 12.0 Å². The Balaban J connectivity index is 2.33. The Labute approximate surface area is 135 Å². The monoisotopic (exact) mass is 325 g/mol. The van der Waals surface area contributed by atoms with Gasteiger partial charge in [0.05, 0.1) is 7.11 Å². The summed E-state index contributed by atoms with van der Waals surface area (Å²) in [6.07, 6.45) is 1.12. The zero-order valence-electron chi connectivity index (χ0n) is 12.8. The molecule has 0 bridgehead atoms. The van der Waals surface area contributed by atoms with E-state index < -0.39 is 0 Å². The molecule has 22 heavy (non-hydrogen) atoms. The summed E-state index contributed by atoms with van der Waals surface area (Å²) in [5.74, 6) is -0.501. The van der Waals surface area contributed by atoms with Crippen molar-refractivity contribution in [2.75, 3.05) is 20.7 Å². The molecule has 0 spiro atoms. The Hall–Kier alpha value is -1.88. The van der Waals surface area contributed by atoms with E-state index >= 15 is 0 Å². The van der Waals surface area contributed by atoms with Gasteiger partial charge in [-0.25, -0.2) is 0 Å². The van der Waals surface area contributed by atoms with Crippen LogP contribution in [0.4, 0.5) is 0 Å². The molecule has 0 unspecified atom stereocenters. The SMILES string of the molecule is COC(=O)CCCN(C)C(=O)CCC(=O)c1ccc(Cl)cc1. The van der Waals surface area contributed by atoms with Crippen LogP contribution in [0.25, 0.3) is 0 Å². The number of methoxy groups -OCH3 is 1. The zero-order chi connectivity index (χ0) is 16.5. The molecular weight excluding hydrogens is 306 g/mol. The number of ketones is 1. The van der Waals surface area contributed by atoms with Crippen LogP contribution in [-0.4, -0.2) is 43.3 Å². The second kappa shape index (κ2) is 9.20. The van der Waals surface area contributed by atoms with Gasteiger partial charge >= 0.3 is 5.97 Å². The summed E-state index contributed by atoms with van der Waals surface area (Å²) in [4.78, 5) is 36.4. The van der Waals surface area contributed by atoms with Crippen LogP contribution in [0.15, 0.2) is 24.3 Å². The third-order valence-corrected chi connectivity index (χ3v) is 3.51. The molecule has 5 nitrogen and oxygen atoms in total. The van der Waals surface area contributed by atoms with Gasteiger partial charge < -0.3 is 9.64 Å². The minimum Gasteiger partial charge on any atom is -0.469 e. The molecule has 1 aromatic carbocycles. The predicted octanol–water partition coefficient (Wildman–Crippen LogP) is 2.71. The lowest BCUT2D eigenvalue weighted by Gasteiger charge is -2.16. The molecule has 0 aromatic heterocycles.